The van der Waals surface area contributed by atoms with Crippen LogP contribution >= 0.6 is 15.9 Å². The van der Waals surface area contributed by atoms with E-state index in [0.29, 0.717) is 6.61 Å². The zero-order chi connectivity index (χ0) is 18.4. The van der Waals surface area contributed by atoms with Crippen LogP contribution in [-0.4, -0.2) is 0 Å². The first-order valence-electron chi connectivity index (χ1n) is 8.84. The monoisotopic (exact) mass is 409 g/mol. The van der Waals surface area contributed by atoms with Crippen molar-refractivity contribution in [2.75, 3.05) is 0 Å². The van der Waals surface area contributed by atoms with Gasteiger partial charge in [0.25, 0.3) is 0 Å². The molecular weight excluding hydrogens is 386 g/mol. The highest BCUT2D eigenvalue weighted by atomic mass is 79.9. The van der Waals surface area contributed by atoms with Crippen molar-refractivity contribution in [3.8, 4) is 5.75 Å². The van der Waals surface area contributed by atoms with E-state index >= 15 is 0 Å². The Morgan fingerprint density at radius 1 is 0.846 bits per heavy atom. The summed E-state index contributed by atoms with van der Waals surface area (Å²) in [5.74, 6) is 0.924. The highest BCUT2D eigenvalue weighted by molar-refractivity contribution is 9.10. The number of ether oxygens (including phenoxy) is 1. The molecule has 3 heteroatoms. The summed E-state index contributed by atoms with van der Waals surface area (Å²) < 4.78 is 7.18. The van der Waals surface area contributed by atoms with Crippen LogP contribution in [0.3, 0.4) is 0 Å². The third-order valence-electron chi connectivity index (χ3n) is 4.43. The molecule has 0 aliphatic heterocycles. The second-order valence-corrected chi connectivity index (χ2v) is 7.47. The molecule has 3 aromatic carbocycles. The fraction of sp³-hybridized carbons (Fsp3) is 0.217. The van der Waals surface area contributed by atoms with Gasteiger partial charge in [0, 0.05) is 23.1 Å². The Bertz CT molecular complexity index is 858. The topological polar surface area (TPSA) is 21.3 Å². The number of rotatable bonds is 7. The summed E-state index contributed by atoms with van der Waals surface area (Å²) in [5.41, 5.74) is 6.19. The number of halogens is 1. The smallest absolute Gasteiger partial charge is 0.124 e. The average molecular weight is 410 g/mol. The molecule has 0 bridgehead atoms. The minimum atomic E-state index is 0.583. The summed E-state index contributed by atoms with van der Waals surface area (Å²) in [5, 5.41) is 3.51. The number of nitrogens with one attached hydrogen (secondary N) is 1. The molecule has 0 fully saturated rings. The highest BCUT2D eigenvalue weighted by Crippen LogP contribution is 2.24. The second kappa shape index (κ2) is 9.02. The fourth-order valence-electron chi connectivity index (χ4n) is 2.80. The van der Waals surface area contributed by atoms with Crippen LogP contribution < -0.4 is 10.1 Å². The molecule has 2 nitrogen and oxygen atoms in total. The Morgan fingerprint density at radius 2 is 1.62 bits per heavy atom. The third-order valence-corrected chi connectivity index (χ3v) is 4.93. The Kier molecular flexibility index (Phi) is 6.48. The lowest BCUT2D eigenvalue weighted by Crippen LogP contribution is -2.13. The Balaban J connectivity index is 1.63. The first kappa shape index (κ1) is 18.7. The number of hydrogen-bond donors (Lipinski definition) is 1. The molecule has 0 saturated heterocycles. The van der Waals surface area contributed by atoms with Crippen molar-refractivity contribution in [1.29, 1.82) is 0 Å². The maximum absolute atomic E-state index is 6.12. The Morgan fingerprint density at radius 3 is 2.38 bits per heavy atom. The second-order valence-electron chi connectivity index (χ2n) is 6.56. The SMILES string of the molecule is Cc1ccc(CNCc2cc(Br)ccc2OCc2ccccc2C)cc1. The van der Waals surface area contributed by atoms with Crippen molar-refractivity contribution in [2.45, 2.75) is 33.5 Å². The standard InChI is InChI=1S/C23H24BrNO/c1-17-7-9-19(10-8-17)14-25-15-21-13-22(24)11-12-23(21)26-16-20-6-4-3-5-18(20)2/h3-13,25H,14-16H2,1-2H3. The summed E-state index contributed by atoms with van der Waals surface area (Å²) in [6, 6.07) is 23.1. The molecule has 0 unspecified atom stereocenters. The largest absolute Gasteiger partial charge is 0.489 e. The molecule has 26 heavy (non-hydrogen) atoms. The van der Waals surface area contributed by atoms with Gasteiger partial charge in [-0.1, -0.05) is 70.0 Å². The van der Waals surface area contributed by atoms with Crippen LogP contribution in [0.1, 0.15) is 27.8 Å². The lowest BCUT2D eigenvalue weighted by atomic mass is 10.1. The van der Waals surface area contributed by atoms with Gasteiger partial charge in [-0.2, -0.15) is 0 Å². The molecule has 0 radical (unpaired) electrons. The summed E-state index contributed by atoms with van der Waals surface area (Å²) in [7, 11) is 0. The van der Waals surface area contributed by atoms with E-state index in [-0.39, 0.29) is 0 Å². The Labute approximate surface area is 164 Å². The fourth-order valence-corrected chi connectivity index (χ4v) is 3.21. The molecule has 3 aromatic rings. The van der Waals surface area contributed by atoms with E-state index in [0.717, 1.165) is 28.9 Å². The molecule has 0 atom stereocenters. The maximum Gasteiger partial charge on any atom is 0.124 e. The van der Waals surface area contributed by atoms with Gasteiger partial charge in [0.15, 0.2) is 0 Å². The summed E-state index contributed by atoms with van der Waals surface area (Å²) >= 11 is 3.57. The van der Waals surface area contributed by atoms with E-state index in [1.54, 1.807) is 0 Å². The molecule has 0 amide bonds. The molecule has 0 aliphatic carbocycles. The van der Waals surface area contributed by atoms with Crippen LogP contribution in [0.5, 0.6) is 5.75 Å². The number of hydrogen-bond acceptors (Lipinski definition) is 2. The highest BCUT2D eigenvalue weighted by Gasteiger charge is 2.06. The van der Waals surface area contributed by atoms with E-state index in [1.807, 2.05) is 12.1 Å². The summed E-state index contributed by atoms with van der Waals surface area (Å²) in [6.45, 7) is 6.40. The van der Waals surface area contributed by atoms with Crippen molar-refractivity contribution in [3.05, 3.63) is 99.0 Å². The summed E-state index contributed by atoms with van der Waals surface area (Å²) in [4.78, 5) is 0. The molecule has 3 rings (SSSR count). The van der Waals surface area contributed by atoms with Crippen molar-refractivity contribution in [2.24, 2.45) is 0 Å². The zero-order valence-electron chi connectivity index (χ0n) is 15.3. The van der Waals surface area contributed by atoms with Crippen LogP contribution in [0.4, 0.5) is 0 Å². The molecule has 0 aromatic heterocycles. The van der Waals surface area contributed by atoms with Gasteiger partial charge in [-0.15, -0.1) is 0 Å². The lowest BCUT2D eigenvalue weighted by Gasteiger charge is -2.14. The first-order chi connectivity index (χ1) is 12.6. The number of aryl methyl sites for hydroxylation is 2. The van der Waals surface area contributed by atoms with Gasteiger partial charge < -0.3 is 10.1 Å². The molecule has 0 heterocycles. The molecule has 134 valence electrons. The van der Waals surface area contributed by atoms with E-state index in [2.05, 4.69) is 89.7 Å². The first-order valence-corrected chi connectivity index (χ1v) is 9.63. The molecule has 0 saturated carbocycles. The van der Waals surface area contributed by atoms with E-state index in [1.165, 1.54) is 22.3 Å². The molecule has 1 N–H and O–H groups in total. The maximum atomic E-state index is 6.12. The van der Waals surface area contributed by atoms with Gasteiger partial charge in [-0.25, -0.2) is 0 Å². The normalized spacial score (nSPS) is 10.7. The number of benzene rings is 3. The van der Waals surface area contributed by atoms with Gasteiger partial charge in [0.05, 0.1) is 0 Å². The van der Waals surface area contributed by atoms with Crippen molar-refractivity contribution in [1.82, 2.24) is 5.32 Å². The predicted molar refractivity (Wildman–Crippen MR) is 111 cm³/mol. The van der Waals surface area contributed by atoms with Gasteiger partial charge in [-0.3, -0.25) is 0 Å². The third kappa shape index (κ3) is 5.20. The Hall–Kier alpha value is -2.10. The van der Waals surface area contributed by atoms with Crippen LogP contribution in [0, 0.1) is 13.8 Å². The van der Waals surface area contributed by atoms with Gasteiger partial charge in [0.1, 0.15) is 12.4 Å². The molecular formula is C23H24BrNO. The summed E-state index contributed by atoms with van der Waals surface area (Å²) in [6.07, 6.45) is 0. The van der Waals surface area contributed by atoms with E-state index < -0.39 is 0 Å². The van der Waals surface area contributed by atoms with E-state index in [9.17, 15) is 0 Å². The lowest BCUT2D eigenvalue weighted by molar-refractivity contribution is 0.301. The predicted octanol–water partition coefficient (Wildman–Crippen LogP) is 5.93. The minimum absolute atomic E-state index is 0.583. The van der Waals surface area contributed by atoms with Crippen molar-refractivity contribution in [3.63, 3.8) is 0 Å². The van der Waals surface area contributed by atoms with Crippen LogP contribution in [-0.2, 0) is 19.7 Å². The van der Waals surface area contributed by atoms with Crippen molar-refractivity contribution >= 4 is 15.9 Å². The average Bonchev–Trinajstić information content (AvgIpc) is 2.64. The quantitative estimate of drug-likeness (QED) is 0.521. The molecule has 0 aliphatic rings. The van der Waals surface area contributed by atoms with Crippen LogP contribution in [0.25, 0.3) is 0 Å². The molecule has 0 spiro atoms. The van der Waals surface area contributed by atoms with Crippen LogP contribution in [0.2, 0.25) is 0 Å². The van der Waals surface area contributed by atoms with E-state index in [4.69, 9.17) is 4.74 Å². The minimum Gasteiger partial charge on any atom is -0.489 e. The van der Waals surface area contributed by atoms with Gasteiger partial charge in [0.2, 0.25) is 0 Å². The van der Waals surface area contributed by atoms with Gasteiger partial charge in [-0.05, 0) is 48.7 Å². The van der Waals surface area contributed by atoms with Gasteiger partial charge >= 0.3 is 0 Å². The van der Waals surface area contributed by atoms with Crippen LogP contribution in [0.15, 0.2) is 71.2 Å². The van der Waals surface area contributed by atoms with Crippen molar-refractivity contribution < 1.29 is 4.74 Å². The zero-order valence-corrected chi connectivity index (χ0v) is 16.8.